The number of aromatic nitrogens is 1. The molecule has 0 aromatic carbocycles. The molecule has 0 aliphatic heterocycles. The summed E-state index contributed by atoms with van der Waals surface area (Å²) in [7, 11) is 0. The van der Waals surface area contributed by atoms with Gasteiger partial charge in [-0.25, -0.2) is 4.98 Å². The first kappa shape index (κ1) is 12.1. The summed E-state index contributed by atoms with van der Waals surface area (Å²) in [5.41, 5.74) is 3.08. The molecule has 1 aliphatic carbocycles. The van der Waals surface area contributed by atoms with Crippen LogP contribution in [0.4, 0.5) is 0 Å². The van der Waals surface area contributed by atoms with Crippen molar-refractivity contribution in [1.82, 2.24) is 10.3 Å². The molecule has 0 bridgehead atoms. The molecule has 1 aromatic heterocycles. The maximum atomic E-state index is 4.28. The Morgan fingerprint density at radius 3 is 3.00 bits per heavy atom. The molecule has 2 nitrogen and oxygen atoms in total. The predicted molar refractivity (Wildman–Crippen MR) is 69.6 cm³/mol. The Morgan fingerprint density at radius 2 is 2.31 bits per heavy atom. The highest BCUT2D eigenvalue weighted by molar-refractivity contribution is 7.07. The van der Waals surface area contributed by atoms with Crippen LogP contribution in [0.3, 0.4) is 0 Å². The molecule has 0 amide bonds. The Balaban J connectivity index is 1.58. The number of hydrogen-bond donors (Lipinski definition) is 1. The number of nitrogens with one attached hydrogen (secondary N) is 1. The van der Waals surface area contributed by atoms with Gasteiger partial charge in [0.2, 0.25) is 0 Å². The summed E-state index contributed by atoms with van der Waals surface area (Å²) in [5.74, 6) is 1.02. The van der Waals surface area contributed by atoms with Crippen LogP contribution < -0.4 is 5.32 Å². The van der Waals surface area contributed by atoms with Gasteiger partial charge in [0, 0.05) is 18.0 Å². The van der Waals surface area contributed by atoms with Gasteiger partial charge < -0.3 is 5.32 Å². The van der Waals surface area contributed by atoms with Crippen molar-refractivity contribution < 1.29 is 0 Å². The van der Waals surface area contributed by atoms with E-state index in [1.54, 1.807) is 11.3 Å². The highest BCUT2D eigenvalue weighted by atomic mass is 32.1. The van der Waals surface area contributed by atoms with Crippen molar-refractivity contribution >= 4 is 11.3 Å². The number of thiazole rings is 1. The Morgan fingerprint density at radius 1 is 1.50 bits per heavy atom. The zero-order valence-electron chi connectivity index (χ0n) is 10.1. The minimum absolute atomic E-state index is 0.627. The lowest BCUT2D eigenvalue weighted by Gasteiger charge is -2.15. The van der Waals surface area contributed by atoms with Crippen LogP contribution in [0.5, 0.6) is 0 Å². The fraction of sp³-hybridized carbons (Fsp3) is 0.769. The molecule has 1 fully saturated rings. The van der Waals surface area contributed by atoms with Crippen molar-refractivity contribution in [2.45, 2.75) is 58.0 Å². The van der Waals surface area contributed by atoms with Crippen LogP contribution in [0.1, 0.15) is 51.1 Å². The molecule has 0 saturated heterocycles. The first-order valence-electron chi connectivity index (χ1n) is 6.45. The first-order chi connectivity index (χ1) is 7.84. The second-order valence-electron chi connectivity index (χ2n) is 4.99. The largest absolute Gasteiger partial charge is 0.309 e. The van der Waals surface area contributed by atoms with E-state index in [1.165, 1.54) is 44.2 Å². The third-order valence-electron chi connectivity index (χ3n) is 3.60. The highest BCUT2D eigenvalue weighted by Gasteiger charge is 2.15. The van der Waals surface area contributed by atoms with Gasteiger partial charge in [0.25, 0.3) is 0 Å². The van der Waals surface area contributed by atoms with Crippen molar-refractivity contribution in [2.24, 2.45) is 5.92 Å². The average Bonchev–Trinajstić information content (AvgIpc) is 2.96. The van der Waals surface area contributed by atoms with Crippen molar-refractivity contribution in [1.29, 1.82) is 0 Å². The smallest absolute Gasteiger partial charge is 0.0795 e. The molecule has 1 aliphatic rings. The summed E-state index contributed by atoms with van der Waals surface area (Å²) in [6.45, 7) is 3.22. The molecule has 2 rings (SSSR count). The number of hydrogen-bond acceptors (Lipinski definition) is 3. The molecule has 16 heavy (non-hydrogen) atoms. The third kappa shape index (κ3) is 3.87. The van der Waals surface area contributed by atoms with Gasteiger partial charge in [-0.15, -0.1) is 11.3 Å². The van der Waals surface area contributed by atoms with E-state index in [9.17, 15) is 0 Å². The van der Waals surface area contributed by atoms with Crippen LogP contribution >= 0.6 is 11.3 Å². The van der Waals surface area contributed by atoms with Crippen molar-refractivity contribution in [3.63, 3.8) is 0 Å². The molecule has 1 atom stereocenters. The summed E-state index contributed by atoms with van der Waals surface area (Å²) in [6.07, 6.45) is 8.59. The number of nitrogens with zero attached hydrogens (tertiary/aromatic N) is 1. The monoisotopic (exact) mass is 238 g/mol. The summed E-state index contributed by atoms with van der Waals surface area (Å²) < 4.78 is 0. The Bertz CT molecular complexity index is 278. The minimum Gasteiger partial charge on any atom is -0.309 e. The van der Waals surface area contributed by atoms with Gasteiger partial charge in [-0.2, -0.15) is 0 Å². The molecule has 1 saturated carbocycles. The van der Waals surface area contributed by atoms with Crippen molar-refractivity contribution in [3.8, 4) is 0 Å². The Kier molecular flexibility index (Phi) is 4.79. The van der Waals surface area contributed by atoms with Crippen LogP contribution in [0.2, 0.25) is 0 Å². The maximum Gasteiger partial charge on any atom is 0.0795 e. The van der Waals surface area contributed by atoms with Crippen molar-refractivity contribution in [3.05, 3.63) is 16.6 Å². The van der Waals surface area contributed by atoms with Gasteiger partial charge in [0.05, 0.1) is 11.2 Å². The van der Waals surface area contributed by atoms with Gasteiger partial charge in [-0.05, 0) is 25.7 Å². The molecule has 90 valence electrons. The Hall–Kier alpha value is -0.410. The van der Waals surface area contributed by atoms with E-state index >= 15 is 0 Å². The quantitative estimate of drug-likeness (QED) is 0.819. The van der Waals surface area contributed by atoms with Crippen molar-refractivity contribution in [2.75, 3.05) is 0 Å². The van der Waals surface area contributed by atoms with Gasteiger partial charge in [-0.1, -0.05) is 25.7 Å². The van der Waals surface area contributed by atoms with Gasteiger partial charge in [0.1, 0.15) is 0 Å². The lowest BCUT2D eigenvalue weighted by Crippen LogP contribution is -2.26. The molecular formula is C13H22N2S. The second kappa shape index (κ2) is 6.36. The molecule has 3 heteroatoms. The highest BCUT2D eigenvalue weighted by Crippen LogP contribution is 2.28. The number of rotatable bonds is 6. The maximum absolute atomic E-state index is 4.28. The predicted octanol–water partition coefficient (Wildman–Crippen LogP) is 3.59. The summed E-state index contributed by atoms with van der Waals surface area (Å²) in [6, 6.07) is 0.627. The van der Waals surface area contributed by atoms with E-state index in [2.05, 4.69) is 22.6 Å². The zero-order chi connectivity index (χ0) is 11.2. The fourth-order valence-corrected chi connectivity index (χ4v) is 3.05. The summed E-state index contributed by atoms with van der Waals surface area (Å²) >= 11 is 1.67. The molecule has 0 radical (unpaired) electrons. The van der Waals surface area contributed by atoms with Crippen LogP contribution in [0.25, 0.3) is 0 Å². The van der Waals surface area contributed by atoms with E-state index in [1.807, 2.05) is 5.51 Å². The molecule has 1 unspecified atom stereocenters. The van der Waals surface area contributed by atoms with Crippen LogP contribution in [-0.4, -0.2) is 11.0 Å². The molecule has 1 N–H and O–H groups in total. The van der Waals surface area contributed by atoms with E-state index in [-0.39, 0.29) is 0 Å². The van der Waals surface area contributed by atoms with E-state index in [0.29, 0.717) is 6.04 Å². The fourth-order valence-electron chi connectivity index (χ4n) is 2.49. The van der Waals surface area contributed by atoms with Gasteiger partial charge >= 0.3 is 0 Å². The normalized spacial score (nSPS) is 19.1. The molecular weight excluding hydrogens is 216 g/mol. The zero-order valence-corrected chi connectivity index (χ0v) is 10.9. The van der Waals surface area contributed by atoms with E-state index < -0.39 is 0 Å². The SMILES string of the molecule is CC(CCC1CCCC1)NCc1cscn1. The van der Waals surface area contributed by atoms with Crippen LogP contribution in [0.15, 0.2) is 10.9 Å². The summed E-state index contributed by atoms with van der Waals surface area (Å²) in [4.78, 5) is 4.28. The topological polar surface area (TPSA) is 24.9 Å². The van der Waals surface area contributed by atoms with E-state index in [4.69, 9.17) is 0 Å². The molecule has 1 aromatic rings. The lowest BCUT2D eigenvalue weighted by molar-refractivity contribution is 0.418. The minimum atomic E-state index is 0.627. The second-order valence-corrected chi connectivity index (χ2v) is 5.71. The van der Waals surface area contributed by atoms with Gasteiger partial charge in [-0.3, -0.25) is 0 Å². The molecule has 0 spiro atoms. The van der Waals surface area contributed by atoms with Crippen LogP contribution in [-0.2, 0) is 6.54 Å². The summed E-state index contributed by atoms with van der Waals surface area (Å²) in [5, 5.41) is 5.67. The van der Waals surface area contributed by atoms with Crippen LogP contribution in [0, 0.1) is 5.92 Å². The molecule has 1 heterocycles. The average molecular weight is 238 g/mol. The third-order valence-corrected chi connectivity index (χ3v) is 4.23. The Labute approximate surface area is 102 Å². The van der Waals surface area contributed by atoms with E-state index in [0.717, 1.165) is 12.5 Å². The standard InChI is InChI=1S/C13H22N2S/c1-11(6-7-12-4-2-3-5-12)14-8-13-9-16-10-15-13/h9-12,14H,2-8H2,1H3. The van der Waals surface area contributed by atoms with Gasteiger partial charge in [0.15, 0.2) is 0 Å². The lowest BCUT2D eigenvalue weighted by atomic mass is 9.99. The first-order valence-corrected chi connectivity index (χ1v) is 7.39.